The molecule has 0 spiro atoms. The first-order chi connectivity index (χ1) is 9.37. The van der Waals surface area contributed by atoms with E-state index in [0.29, 0.717) is 0 Å². The van der Waals surface area contributed by atoms with Crippen molar-refractivity contribution in [1.82, 2.24) is 4.98 Å². The van der Waals surface area contributed by atoms with Crippen molar-refractivity contribution >= 4 is 11.8 Å². The van der Waals surface area contributed by atoms with E-state index in [1.165, 1.54) is 0 Å². The van der Waals surface area contributed by atoms with Crippen molar-refractivity contribution in [2.45, 2.75) is 43.6 Å². The molecule has 0 fully saturated rings. The highest BCUT2D eigenvalue weighted by Gasteiger charge is 2.17. The summed E-state index contributed by atoms with van der Waals surface area (Å²) < 4.78 is 0.136. The minimum atomic E-state index is -0.615. The van der Waals surface area contributed by atoms with Gasteiger partial charge in [-0.3, -0.25) is 0 Å². The monoisotopic (exact) mass is 287 g/mol. The van der Waals surface area contributed by atoms with Gasteiger partial charge >= 0.3 is 0 Å². The summed E-state index contributed by atoms with van der Waals surface area (Å²) in [6, 6.07) is 11.7. The van der Waals surface area contributed by atoms with Gasteiger partial charge in [-0.2, -0.15) is 0 Å². The summed E-state index contributed by atoms with van der Waals surface area (Å²) in [5.41, 5.74) is 2.84. The minimum absolute atomic E-state index is 0.136. The molecule has 106 valence electrons. The van der Waals surface area contributed by atoms with Gasteiger partial charge in [-0.15, -0.1) is 11.8 Å². The highest BCUT2D eigenvalue weighted by atomic mass is 32.2. The van der Waals surface area contributed by atoms with E-state index in [0.717, 1.165) is 21.7 Å². The zero-order valence-electron chi connectivity index (χ0n) is 12.4. The first kappa shape index (κ1) is 15.1. The lowest BCUT2D eigenvalue weighted by Gasteiger charge is -2.19. The maximum atomic E-state index is 10.4. The Morgan fingerprint density at radius 3 is 2.30 bits per heavy atom. The molecular weight excluding hydrogens is 266 g/mol. The first-order valence-corrected chi connectivity index (χ1v) is 7.57. The molecule has 1 atom stereocenters. The first-order valence-electron chi connectivity index (χ1n) is 6.75. The average molecular weight is 287 g/mol. The highest BCUT2D eigenvalue weighted by Crippen LogP contribution is 2.33. The van der Waals surface area contributed by atoms with Crippen molar-refractivity contribution in [2.75, 3.05) is 0 Å². The third kappa shape index (κ3) is 3.84. The number of aromatic nitrogens is 1. The number of thioether (sulfide) groups is 1. The lowest BCUT2D eigenvalue weighted by molar-refractivity contribution is 0.219. The Bertz CT molecular complexity index is 575. The molecule has 0 unspecified atom stereocenters. The van der Waals surface area contributed by atoms with Crippen LogP contribution in [0.15, 0.2) is 47.6 Å². The summed E-state index contributed by atoms with van der Waals surface area (Å²) in [6.45, 7) is 8.56. The van der Waals surface area contributed by atoms with E-state index in [4.69, 9.17) is 0 Å². The fourth-order valence-corrected chi connectivity index (χ4v) is 2.86. The van der Waals surface area contributed by atoms with E-state index in [1.54, 1.807) is 18.0 Å². The van der Waals surface area contributed by atoms with Crippen molar-refractivity contribution < 1.29 is 5.11 Å². The van der Waals surface area contributed by atoms with Crippen LogP contribution in [0.5, 0.6) is 0 Å². The zero-order valence-corrected chi connectivity index (χ0v) is 13.2. The third-order valence-electron chi connectivity index (χ3n) is 2.89. The molecule has 1 aromatic carbocycles. The number of nitrogens with zero attached hydrogens (tertiary/aromatic N) is 1. The van der Waals surface area contributed by atoms with E-state index >= 15 is 0 Å². The Morgan fingerprint density at radius 2 is 1.75 bits per heavy atom. The fraction of sp³-hybridized carbons (Fsp3) is 0.353. The molecule has 20 heavy (non-hydrogen) atoms. The Balaban J connectivity index is 2.25. The molecule has 0 bridgehead atoms. The van der Waals surface area contributed by atoms with Crippen LogP contribution in [-0.2, 0) is 0 Å². The molecule has 0 radical (unpaired) electrons. The smallest absolute Gasteiger partial charge is 0.106 e. The van der Waals surface area contributed by atoms with Gasteiger partial charge in [0.15, 0.2) is 0 Å². The standard InChI is InChI=1S/C17H21NOS/c1-12-10-14(11-18-16(12)20-17(2,3)4)15(19)13-8-6-5-7-9-13/h5-11,15,19H,1-4H3/t15-/m0/s1. The van der Waals surface area contributed by atoms with Crippen molar-refractivity contribution in [2.24, 2.45) is 0 Å². The summed E-state index contributed by atoms with van der Waals surface area (Å²) in [6.07, 6.45) is 1.16. The summed E-state index contributed by atoms with van der Waals surface area (Å²) in [4.78, 5) is 4.51. The van der Waals surface area contributed by atoms with Crippen LogP contribution in [0.25, 0.3) is 0 Å². The number of rotatable bonds is 3. The summed E-state index contributed by atoms with van der Waals surface area (Å²) in [5.74, 6) is 0. The van der Waals surface area contributed by atoms with Gasteiger partial charge in [-0.25, -0.2) is 4.98 Å². The summed E-state index contributed by atoms with van der Waals surface area (Å²) in [5, 5.41) is 11.4. The number of aliphatic hydroxyl groups excluding tert-OH is 1. The van der Waals surface area contributed by atoms with Crippen LogP contribution in [0.2, 0.25) is 0 Å². The zero-order chi connectivity index (χ0) is 14.8. The predicted molar refractivity (Wildman–Crippen MR) is 85.1 cm³/mol. The third-order valence-corrected chi connectivity index (χ3v) is 4.12. The van der Waals surface area contributed by atoms with Gasteiger partial charge in [0.25, 0.3) is 0 Å². The molecule has 2 nitrogen and oxygen atoms in total. The van der Waals surface area contributed by atoms with Gasteiger partial charge < -0.3 is 5.11 Å². The maximum absolute atomic E-state index is 10.4. The molecule has 3 heteroatoms. The van der Waals surface area contributed by atoms with Crippen LogP contribution in [0.3, 0.4) is 0 Å². The molecule has 1 N–H and O–H groups in total. The SMILES string of the molecule is Cc1cc([C@@H](O)c2ccccc2)cnc1SC(C)(C)C. The molecule has 2 rings (SSSR count). The largest absolute Gasteiger partial charge is 0.384 e. The molecule has 1 heterocycles. The molecule has 0 aliphatic rings. The second kappa shape index (κ2) is 5.98. The Kier molecular flexibility index (Phi) is 4.51. The van der Waals surface area contributed by atoms with Crippen molar-refractivity contribution in [1.29, 1.82) is 0 Å². The van der Waals surface area contributed by atoms with E-state index in [-0.39, 0.29) is 4.75 Å². The molecule has 0 saturated carbocycles. The Hall–Kier alpha value is -1.32. The molecule has 0 amide bonds. The molecule has 0 aliphatic heterocycles. The second-order valence-electron chi connectivity index (χ2n) is 5.92. The van der Waals surface area contributed by atoms with Crippen LogP contribution in [-0.4, -0.2) is 14.8 Å². The normalized spacial score (nSPS) is 13.2. The van der Waals surface area contributed by atoms with E-state index in [1.807, 2.05) is 43.3 Å². The topological polar surface area (TPSA) is 33.1 Å². The van der Waals surface area contributed by atoms with Crippen LogP contribution in [0.4, 0.5) is 0 Å². The summed E-state index contributed by atoms with van der Waals surface area (Å²) >= 11 is 1.75. The quantitative estimate of drug-likeness (QED) is 0.851. The molecule has 1 aromatic heterocycles. The lowest BCUT2D eigenvalue weighted by Crippen LogP contribution is -2.09. The second-order valence-corrected chi connectivity index (χ2v) is 7.73. The van der Waals surface area contributed by atoms with Crippen LogP contribution in [0, 0.1) is 6.92 Å². The number of aliphatic hydroxyl groups is 1. The van der Waals surface area contributed by atoms with Gasteiger partial charge in [-0.1, -0.05) is 51.1 Å². The van der Waals surface area contributed by atoms with E-state index < -0.39 is 6.10 Å². The number of hydrogen-bond acceptors (Lipinski definition) is 3. The predicted octanol–water partition coefficient (Wildman–Crippen LogP) is 4.36. The van der Waals surface area contributed by atoms with Crippen molar-refractivity contribution in [3.05, 3.63) is 59.3 Å². The number of hydrogen-bond donors (Lipinski definition) is 1. The van der Waals surface area contributed by atoms with Gasteiger partial charge in [0, 0.05) is 16.5 Å². The minimum Gasteiger partial charge on any atom is -0.384 e. The fourth-order valence-electron chi connectivity index (χ4n) is 1.96. The molecular formula is C17H21NOS. The van der Waals surface area contributed by atoms with Crippen molar-refractivity contribution in [3.8, 4) is 0 Å². The van der Waals surface area contributed by atoms with Crippen LogP contribution in [0.1, 0.15) is 43.6 Å². The van der Waals surface area contributed by atoms with Gasteiger partial charge in [0.2, 0.25) is 0 Å². The average Bonchev–Trinajstić information content (AvgIpc) is 2.40. The number of benzene rings is 1. The molecule has 0 saturated heterocycles. The Labute approximate surface area is 125 Å². The highest BCUT2D eigenvalue weighted by molar-refractivity contribution is 8.00. The number of aryl methyl sites for hydroxylation is 1. The van der Waals surface area contributed by atoms with Crippen LogP contribution < -0.4 is 0 Å². The van der Waals surface area contributed by atoms with E-state index in [2.05, 4.69) is 25.8 Å². The van der Waals surface area contributed by atoms with Gasteiger partial charge in [-0.05, 0) is 24.1 Å². The van der Waals surface area contributed by atoms with Crippen LogP contribution >= 0.6 is 11.8 Å². The lowest BCUT2D eigenvalue weighted by atomic mass is 10.0. The molecule has 0 aliphatic carbocycles. The number of pyridine rings is 1. The van der Waals surface area contributed by atoms with Gasteiger partial charge in [0.1, 0.15) is 6.10 Å². The van der Waals surface area contributed by atoms with E-state index in [9.17, 15) is 5.11 Å². The Morgan fingerprint density at radius 1 is 1.10 bits per heavy atom. The van der Waals surface area contributed by atoms with Gasteiger partial charge in [0.05, 0.1) is 5.03 Å². The molecule has 2 aromatic rings. The maximum Gasteiger partial charge on any atom is 0.106 e. The van der Waals surface area contributed by atoms with Crippen molar-refractivity contribution in [3.63, 3.8) is 0 Å². The summed E-state index contributed by atoms with van der Waals surface area (Å²) in [7, 11) is 0.